The summed E-state index contributed by atoms with van der Waals surface area (Å²) in [5, 5.41) is 48.5. The van der Waals surface area contributed by atoms with Gasteiger partial charge in [-0.2, -0.15) is 5.10 Å². The van der Waals surface area contributed by atoms with E-state index in [-0.39, 0.29) is 27.4 Å². The summed E-state index contributed by atoms with van der Waals surface area (Å²) in [6.07, 6.45) is 2.10. The average Bonchev–Trinajstić information content (AvgIpc) is 2.59. The first-order valence-electron chi connectivity index (χ1n) is 6.66. The number of benzene rings is 1. The summed E-state index contributed by atoms with van der Waals surface area (Å²) in [4.78, 5) is 14.1. The zero-order chi connectivity index (χ0) is 18.1. The molecule has 0 amide bonds. The van der Waals surface area contributed by atoms with Gasteiger partial charge in [-0.1, -0.05) is 0 Å². The quantitative estimate of drug-likeness (QED) is 0.180. The number of rotatable bonds is 3. The van der Waals surface area contributed by atoms with Crippen molar-refractivity contribution in [3.63, 3.8) is 0 Å². The van der Waals surface area contributed by atoms with Gasteiger partial charge < -0.3 is 15.4 Å². The van der Waals surface area contributed by atoms with Crippen molar-refractivity contribution in [3.8, 4) is 34.1 Å². The van der Waals surface area contributed by atoms with Gasteiger partial charge >= 0.3 is 11.6 Å². The molecule has 11 heteroatoms. The Kier molecular flexibility index (Phi) is 3.81. The SMILES string of the molecule is O=[N+]([O-])c1cc(-c2cnnc(-c3cc[n+]([O-])c(F)c3)n2)cc(O)c1O. The maximum atomic E-state index is 13.4. The molecule has 2 aromatic heterocycles. The highest BCUT2D eigenvalue weighted by molar-refractivity contribution is 5.70. The lowest BCUT2D eigenvalue weighted by Crippen LogP contribution is -2.30. The van der Waals surface area contributed by atoms with E-state index in [0.717, 1.165) is 24.4 Å². The van der Waals surface area contributed by atoms with E-state index in [0.29, 0.717) is 0 Å². The van der Waals surface area contributed by atoms with Gasteiger partial charge in [0.05, 0.1) is 22.9 Å². The average molecular weight is 345 g/mol. The van der Waals surface area contributed by atoms with Gasteiger partial charge in [0.2, 0.25) is 5.75 Å². The fourth-order valence-electron chi connectivity index (χ4n) is 2.05. The predicted octanol–water partition coefficient (Wildman–Crippen LogP) is 1.30. The van der Waals surface area contributed by atoms with Crippen LogP contribution in [0.5, 0.6) is 11.5 Å². The minimum atomic E-state index is -1.07. The molecule has 0 unspecified atom stereocenters. The van der Waals surface area contributed by atoms with E-state index in [9.17, 15) is 29.9 Å². The van der Waals surface area contributed by atoms with Crippen LogP contribution in [0.3, 0.4) is 0 Å². The third-order valence-electron chi connectivity index (χ3n) is 3.25. The Hall–Kier alpha value is -3.89. The number of hydrogen-bond acceptors (Lipinski definition) is 8. The van der Waals surface area contributed by atoms with Gasteiger partial charge in [0.25, 0.3) is 0 Å². The second-order valence-corrected chi connectivity index (χ2v) is 4.85. The summed E-state index contributed by atoms with van der Waals surface area (Å²) in [6.45, 7) is 0. The van der Waals surface area contributed by atoms with Gasteiger partial charge in [-0.3, -0.25) is 10.1 Å². The summed E-state index contributed by atoms with van der Waals surface area (Å²) in [5.74, 6) is -2.68. The Balaban J connectivity index is 2.11. The number of aromatic nitrogens is 4. The molecule has 0 bridgehead atoms. The molecule has 0 aliphatic carbocycles. The predicted molar refractivity (Wildman–Crippen MR) is 79.6 cm³/mol. The summed E-state index contributed by atoms with van der Waals surface area (Å²) in [7, 11) is 0. The third-order valence-corrected chi connectivity index (χ3v) is 3.25. The lowest BCUT2D eigenvalue weighted by molar-refractivity contribution is -0.637. The van der Waals surface area contributed by atoms with Gasteiger partial charge in [0.15, 0.2) is 17.8 Å². The summed E-state index contributed by atoms with van der Waals surface area (Å²) in [5.41, 5.74) is -0.374. The first-order chi connectivity index (χ1) is 11.9. The largest absolute Gasteiger partial charge is 0.617 e. The number of phenols is 2. The number of phenolic OH excluding ortho intramolecular Hbond substituents is 2. The first-order valence-corrected chi connectivity index (χ1v) is 6.66. The molecule has 126 valence electrons. The molecule has 0 spiro atoms. The number of nitro benzene ring substituents is 1. The molecule has 3 rings (SSSR count). The lowest BCUT2D eigenvalue weighted by Gasteiger charge is -2.06. The normalized spacial score (nSPS) is 10.6. The van der Waals surface area contributed by atoms with E-state index in [1.165, 1.54) is 12.3 Å². The molecule has 10 nitrogen and oxygen atoms in total. The van der Waals surface area contributed by atoms with Gasteiger partial charge in [0.1, 0.15) is 0 Å². The third kappa shape index (κ3) is 2.97. The zero-order valence-corrected chi connectivity index (χ0v) is 12.2. The van der Waals surface area contributed by atoms with Crippen molar-refractivity contribution in [1.29, 1.82) is 0 Å². The van der Waals surface area contributed by atoms with E-state index in [4.69, 9.17) is 0 Å². The van der Waals surface area contributed by atoms with Crippen molar-refractivity contribution in [2.45, 2.75) is 0 Å². The number of nitro groups is 1. The van der Waals surface area contributed by atoms with E-state index in [2.05, 4.69) is 15.2 Å². The standard InChI is InChI=1S/C14H8FN5O5/c15-12-5-7(1-2-19(12)23)14-17-9(6-16-18-14)8-3-10(20(24)25)13(22)11(21)4-8/h1-6,21-22H. The Bertz CT molecular complexity index is 997. The first kappa shape index (κ1) is 16.0. The van der Waals surface area contributed by atoms with E-state index >= 15 is 0 Å². The second kappa shape index (κ2) is 5.96. The summed E-state index contributed by atoms with van der Waals surface area (Å²) >= 11 is 0. The Morgan fingerprint density at radius 3 is 2.64 bits per heavy atom. The molecular weight excluding hydrogens is 337 g/mol. The van der Waals surface area contributed by atoms with Gasteiger partial charge in [0, 0.05) is 23.3 Å². The fourth-order valence-corrected chi connectivity index (χ4v) is 2.05. The molecule has 3 aromatic rings. The summed E-state index contributed by atoms with van der Waals surface area (Å²) in [6, 6.07) is 4.24. The number of hydrogen-bond donors (Lipinski definition) is 2. The molecular formula is C14H8FN5O5. The van der Waals surface area contributed by atoms with Crippen molar-refractivity contribution < 1.29 is 24.3 Å². The topological polar surface area (TPSA) is 149 Å². The molecule has 2 N–H and O–H groups in total. The number of nitrogens with zero attached hydrogens (tertiary/aromatic N) is 5. The van der Waals surface area contributed by atoms with Crippen molar-refractivity contribution in [2.24, 2.45) is 0 Å². The lowest BCUT2D eigenvalue weighted by atomic mass is 10.1. The van der Waals surface area contributed by atoms with E-state index in [1.807, 2.05) is 0 Å². The molecule has 0 atom stereocenters. The Morgan fingerprint density at radius 2 is 1.96 bits per heavy atom. The Morgan fingerprint density at radius 1 is 1.20 bits per heavy atom. The molecule has 0 saturated heterocycles. The van der Waals surface area contributed by atoms with Crippen molar-refractivity contribution >= 4 is 5.69 Å². The van der Waals surface area contributed by atoms with Crippen LogP contribution < -0.4 is 4.73 Å². The van der Waals surface area contributed by atoms with Crippen LogP contribution >= 0.6 is 0 Å². The fraction of sp³-hybridized carbons (Fsp3) is 0. The number of aromatic hydroxyl groups is 2. The maximum Gasteiger partial charge on any atom is 0.371 e. The minimum Gasteiger partial charge on any atom is -0.617 e. The van der Waals surface area contributed by atoms with Gasteiger partial charge in [-0.25, -0.2) is 4.98 Å². The summed E-state index contributed by atoms with van der Waals surface area (Å²) < 4.78 is 13.4. The minimum absolute atomic E-state index is 0.0160. The van der Waals surface area contributed by atoms with Crippen LogP contribution in [0, 0.1) is 21.3 Å². The van der Waals surface area contributed by atoms with Gasteiger partial charge in [-0.15, -0.1) is 14.2 Å². The molecule has 2 heterocycles. The monoisotopic (exact) mass is 345 g/mol. The molecule has 0 radical (unpaired) electrons. The van der Waals surface area contributed by atoms with E-state index < -0.39 is 28.1 Å². The highest BCUT2D eigenvalue weighted by Gasteiger charge is 2.20. The smallest absolute Gasteiger partial charge is 0.371 e. The van der Waals surface area contributed by atoms with Crippen LogP contribution in [0.2, 0.25) is 0 Å². The van der Waals surface area contributed by atoms with Gasteiger partial charge in [-0.05, 0) is 6.07 Å². The van der Waals surface area contributed by atoms with Crippen LogP contribution in [0.1, 0.15) is 0 Å². The van der Waals surface area contributed by atoms with Crippen LogP contribution in [0.4, 0.5) is 10.1 Å². The molecule has 25 heavy (non-hydrogen) atoms. The molecule has 1 aromatic carbocycles. The maximum absolute atomic E-state index is 13.4. The molecule has 0 aliphatic heterocycles. The van der Waals surface area contributed by atoms with Crippen LogP contribution in [-0.2, 0) is 0 Å². The van der Waals surface area contributed by atoms with Crippen LogP contribution in [0.25, 0.3) is 22.6 Å². The molecule has 0 saturated carbocycles. The molecule has 0 fully saturated rings. The second-order valence-electron chi connectivity index (χ2n) is 4.85. The van der Waals surface area contributed by atoms with Crippen LogP contribution in [-0.4, -0.2) is 30.3 Å². The number of halogens is 1. The highest BCUT2D eigenvalue weighted by Crippen LogP contribution is 2.38. The zero-order valence-electron chi connectivity index (χ0n) is 12.2. The van der Waals surface area contributed by atoms with Crippen molar-refractivity contribution in [1.82, 2.24) is 15.2 Å². The Labute approximate surface area is 138 Å². The number of pyridine rings is 1. The molecule has 0 aliphatic rings. The van der Waals surface area contributed by atoms with Crippen molar-refractivity contribution in [3.05, 3.63) is 57.9 Å². The highest BCUT2D eigenvalue weighted by atomic mass is 19.1. The van der Waals surface area contributed by atoms with Crippen molar-refractivity contribution in [2.75, 3.05) is 0 Å². The van der Waals surface area contributed by atoms with E-state index in [1.54, 1.807) is 0 Å². The van der Waals surface area contributed by atoms with Crippen LogP contribution in [0.15, 0.2) is 36.7 Å².